The number of carbonyl (C=O) groups is 2. The number of rotatable bonds is 5. The summed E-state index contributed by atoms with van der Waals surface area (Å²) in [5.74, 6) is -1.42. The van der Waals surface area contributed by atoms with E-state index in [1.54, 1.807) is 18.2 Å². The minimum atomic E-state index is -0.633. The molecule has 0 unspecified atom stereocenters. The Bertz CT molecular complexity index is 991. The maximum Gasteiger partial charge on any atom is 0.276 e. The molecule has 0 atom stereocenters. The largest absolute Gasteiger partial charge is 0.496 e. The highest BCUT2D eigenvalue weighted by Crippen LogP contribution is 2.25. The Morgan fingerprint density at radius 2 is 1.59 bits per heavy atom. The van der Waals surface area contributed by atoms with Gasteiger partial charge in [0.25, 0.3) is 11.8 Å². The van der Waals surface area contributed by atoms with Gasteiger partial charge in [0.1, 0.15) is 5.75 Å². The summed E-state index contributed by atoms with van der Waals surface area (Å²) in [6, 6.07) is 16.7. The van der Waals surface area contributed by atoms with E-state index in [0.29, 0.717) is 5.75 Å². The molecule has 0 bridgehead atoms. The van der Waals surface area contributed by atoms with Crippen molar-refractivity contribution in [3.05, 3.63) is 72.0 Å². The number of amides is 2. The van der Waals surface area contributed by atoms with Gasteiger partial charge in [-0.2, -0.15) is 0 Å². The number of hydrazine groups is 1. The monoisotopic (exact) mass is 368 g/mol. The first-order chi connectivity index (χ1) is 13.1. The molecule has 0 saturated carbocycles. The average Bonchev–Trinajstić information content (AvgIpc) is 2.70. The molecule has 7 heteroatoms. The van der Waals surface area contributed by atoms with Crippen molar-refractivity contribution in [2.75, 3.05) is 13.7 Å². The molecular formula is C20H17FN2O4. The van der Waals surface area contributed by atoms with E-state index in [1.165, 1.54) is 25.3 Å². The van der Waals surface area contributed by atoms with Gasteiger partial charge in [-0.3, -0.25) is 20.4 Å². The molecule has 3 rings (SSSR count). The van der Waals surface area contributed by atoms with Gasteiger partial charge >= 0.3 is 0 Å². The molecular weight excluding hydrogens is 351 g/mol. The summed E-state index contributed by atoms with van der Waals surface area (Å²) in [6.45, 7) is -0.448. The highest BCUT2D eigenvalue weighted by atomic mass is 19.1. The zero-order valence-corrected chi connectivity index (χ0v) is 14.5. The number of benzene rings is 3. The fraction of sp³-hybridized carbons (Fsp3) is 0.100. The van der Waals surface area contributed by atoms with Crippen LogP contribution in [0.4, 0.5) is 4.39 Å². The number of hydrogen-bond donors (Lipinski definition) is 2. The summed E-state index contributed by atoms with van der Waals surface area (Å²) in [7, 11) is 1.46. The van der Waals surface area contributed by atoms with Crippen LogP contribution in [-0.4, -0.2) is 25.5 Å². The third-order valence-corrected chi connectivity index (χ3v) is 3.82. The lowest BCUT2D eigenvalue weighted by Crippen LogP contribution is -2.44. The summed E-state index contributed by atoms with van der Waals surface area (Å²) in [6.07, 6.45) is 0. The maximum atomic E-state index is 13.4. The number of hydrogen-bond acceptors (Lipinski definition) is 4. The second-order valence-electron chi connectivity index (χ2n) is 5.62. The molecule has 3 aromatic carbocycles. The van der Waals surface area contributed by atoms with Crippen LogP contribution in [0.5, 0.6) is 11.5 Å². The van der Waals surface area contributed by atoms with Crippen molar-refractivity contribution in [2.24, 2.45) is 0 Å². The van der Waals surface area contributed by atoms with Crippen LogP contribution >= 0.6 is 0 Å². The molecule has 0 aliphatic rings. The lowest BCUT2D eigenvalue weighted by molar-refractivity contribution is -0.123. The maximum absolute atomic E-state index is 13.4. The Labute approximate surface area is 154 Å². The zero-order valence-electron chi connectivity index (χ0n) is 14.5. The van der Waals surface area contributed by atoms with E-state index < -0.39 is 24.2 Å². The number of fused-ring (bicyclic) bond motifs is 1. The third kappa shape index (κ3) is 4.33. The number of ether oxygens (including phenoxy) is 2. The van der Waals surface area contributed by atoms with E-state index in [9.17, 15) is 14.0 Å². The van der Waals surface area contributed by atoms with Crippen molar-refractivity contribution in [3.8, 4) is 11.5 Å². The first-order valence-corrected chi connectivity index (χ1v) is 8.12. The van der Waals surface area contributed by atoms with E-state index in [2.05, 4.69) is 10.9 Å². The minimum Gasteiger partial charge on any atom is -0.496 e. The van der Waals surface area contributed by atoms with Crippen molar-refractivity contribution in [2.45, 2.75) is 0 Å². The van der Waals surface area contributed by atoms with Crippen molar-refractivity contribution in [1.29, 1.82) is 0 Å². The van der Waals surface area contributed by atoms with Gasteiger partial charge in [0.15, 0.2) is 18.2 Å². The van der Waals surface area contributed by atoms with Gasteiger partial charge in [-0.25, -0.2) is 4.39 Å². The molecule has 0 aliphatic carbocycles. The summed E-state index contributed by atoms with van der Waals surface area (Å²) in [5, 5.41) is 1.78. The van der Waals surface area contributed by atoms with Crippen LogP contribution < -0.4 is 20.3 Å². The summed E-state index contributed by atoms with van der Waals surface area (Å²) < 4.78 is 23.8. The van der Waals surface area contributed by atoms with Crippen molar-refractivity contribution in [1.82, 2.24) is 10.9 Å². The topological polar surface area (TPSA) is 76.7 Å². The normalized spacial score (nSPS) is 10.3. The number of nitrogens with one attached hydrogen (secondary N) is 2. The fourth-order valence-corrected chi connectivity index (χ4v) is 2.50. The van der Waals surface area contributed by atoms with Crippen LogP contribution in [0.3, 0.4) is 0 Å². The molecule has 6 nitrogen and oxygen atoms in total. The highest BCUT2D eigenvalue weighted by molar-refractivity contribution is 6.02. The highest BCUT2D eigenvalue weighted by Gasteiger charge is 2.15. The van der Waals surface area contributed by atoms with Crippen LogP contribution in [0, 0.1) is 5.82 Å². The van der Waals surface area contributed by atoms with Crippen LogP contribution in [0.2, 0.25) is 0 Å². The minimum absolute atomic E-state index is 0.0461. The van der Waals surface area contributed by atoms with E-state index in [1.807, 2.05) is 24.3 Å². The standard InChI is InChI=1S/C20H17FN2O4/c1-26-18-11-14-7-3-2-6-13(14)10-15(18)20(25)23-22-19(24)12-27-17-9-5-4-8-16(17)21/h2-11H,12H2,1H3,(H,22,24)(H,23,25). The molecule has 27 heavy (non-hydrogen) atoms. The lowest BCUT2D eigenvalue weighted by atomic mass is 10.1. The summed E-state index contributed by atoms with van der Waals surface area (Å²) in [5.41, 5.74) is 4.80. The first kappa shape index (κ1) is 18.2. The van der Waals surface area contributed by atoms with Gasteiger partial charge in [0.05, 0.1) is 12.7 Å². The molecule has 0 aromatic heterocycles. The molecule has 0 spiro atoms. The number of para-hydroxylation sites is 1. The van der Waals surface area contributed by atoms with E-state index in [4.69, 9.17) is 9.47 Å². The van der Waals surface area contributed by atoms with Crippen LogP contribution in [0.15, 0.2) is 60.7 Å². The van der Waals surface area contributed by atoms with Crippen molar-refractivity contribution < 1.29 is 23.5 Å². The quantitative estimate of drug-likeness (QED) is 0.679. The van der Waals surface area contributed by atoms with Gasteiger partial charge < -0.3 is 9.47 Å². The molecule has 0 saturated heterocycles. The SMILES string of the molecule is COc1cc2ccccc2cc1C(=O)NNC(=O)COc1ccccc1F. The van der Waals surface area contributed by atoms with E-state index in [0.717, 1.165) is 10.8 Å². The average molecular weight is 368 g/mol. The Balaban J connectivity index is 1.62. The van der Waals surface area contributed by atoms with E-state index in [-0.39, 0.29) is 11.3 Å². The fourth-order valence-electron chi connectivity index (χ4n) is 2.50. The lowest BCUT2D eigenvalue weighted by Gasteiger charge is -2.12. The van der Waals surface area contributed by atoms with Gasteiger partial charge in [-0.05, 0) is 35.0 Å². The zero-order chi connectivity index (χ0) is 19.2. The predicted molar refractivity (Wildman–Crippen MR) is 98.0 cm³/mol. The second kappa shape index (κ2) is 8.18. The van der Waals surface area contributed by atoms with Gasteiger partial charge in [0, 0.05) is 0 Å². The van der Waals surface area contributed by atoms with Gasteiger partial charge in [-0.1, -0.05) is 36.4 Å². The van der Waals surface area contributed by atoms with Crippen LogP contribution in [0.25, 0.3) is 10.8 Å². The molecule has 3 aromatic rings. The second-order valence-corrected chi connectivity index (χ2v) is 5.62. The van der Waals surface area contributed by atoms with Crippen LogP contribution in [-0.2, 0) is 4.79 Å². The Hall–Kier alpha value is -3.61. The first-order valence-electron chi connectivity index (χ1n) is 8.12. The summed E-state index contributed by atoms with van der Waals surface area (Å²) in [4.78, 5) is 24.2. The van der Waals surface area contributed by atoms with Crippen molar-refractivity contribution >= 4 is 22.6 Å². The summed E-state index contributed by atoms with van der Waals surface area (Å²) >= 11 is 0. The van der Waals surface area contributed by atoms with Crippen LogP contribution in [0.1, 0.15) is 10.4 Å². The molecule has 0 heterocycles. The molecule has 138 valence electrons. The number of methoxy groups -OCH3 is 1. The molecule has 0 fully saturated rings. The molecule has 0 radical (unpaired) electrons. The Morgan fingerprint density at radius 3 is 2.30 bits per heavy atom. The van der Waals surface area contributed by atoms with Gasteiger partial charge in [-0.15, -0.1) is 0 Å². The number of halogens is 1. The molecule has 2 N–H and O–H groups in total. The van der Waals surface area contributed by atoms with Gasteiger partial charge in [0.2, 0.25) is 0 Å². The van der Waals surface area contributed by atoms with Crippen molar-refractivity contribution in [3.63, 3.8) is 0 Å². The Morgan fingerprint density at radius 1 is 0.926 bits per heavy atom. The smallest absolute Gasteiger partial charge is 0.276 e. The van der Waals surface area contributed by atoms with E-state index >= 15 is 0 Å². The Kier molecular flexibility index (Phi) is 5.51. The number of carbonyl (C=O) groups excluding carboxylic acids is 2. The predicted octanol–water partition coefficient (Wildman–Crippen LogP) is 2.83. The molecule has 2 amide bonds. The third-order valence-electron chi connectivity index (χ3n) is 3.82. The molecule has 0 aliphatic heterocycles.